The minimum Gasteiger partial charge on any atom is -0.381 e. The lowest BCUT2D eigenvalue weighted by atomic mass is 10.2. The third-order valence-electron chi connectivity index (χ3n) is 3.68. The highest BCUT2D eigenvalue weighted by atomic mass is 32.2. The molecule has 19 heavy (non-hydrogen) atoms. The van der Waals surface area contributed by atoms with Crippen LogP contribution >= 0.6 is 11.8 Å². The van der Waals surface area contributed by atoms with E-state index in [9.17, 15) is 8.42 Å². The molecule has 1 aliphatic rings. The van der Waals surface area contributed by atoms with E-state index < -0.39 is 9.84 Å². The van der Waals surface area contributed by atoms with Gasteiger partial charge in [-0.2, -0.15) is 11.8 Å². The molecular formula is C14H21NO2S2. The van der Waals surface area contributed by atoms with Gasteiger partial charge in [0.2, 0.25) is 0 Å². The molecule has 0 amide bonds. The van der Waals surface area contributed by atoms with Gasteiger partial charge in [0.05, 0.1) is 16.3 Å². The average Bonchev–Trinajstić information content (AvgIpc) is 2.87. The highest BCUT2D eigenvalue weighted by Crippen LogP contribution is 2.32. The van der Waals surface area contributed by atoms with Gasteiger partial charge in [-0.15, -0.1) is 0 Å². The molecule has 3 nitrogen and oxygen atoms in total. The quantitative estimate of drug-likeness (QED) is 0.907. The summed E-state index contributed by atoms with van der Waals surface area (Å²) in [7, 11) is -3.16. The Kier molecular flexibility index (Phi) is 4.79. The van der Waals surface area contributed by atoms with Crippen LogP contribution in [-0.4, -0.2) is 31.7 Å². The van der Waals surface area contributed by atoms with Gasteiger partial charge in [-0.3, -0.25) is 0 Å². The second kappa shape index (κ2) is 6.18. The molecular weight excluding hydrogens is 278 g/mol. The largest absolute Gasteiger partial charge is 0.381 e. The second-order valence-corrected chi connectivity index (χ2v) is 8.30. The minimum absolute atomic E-state index is 0.143. The van der Waals surface area contributed by atoms with Crippen LogP contribution in [0.2, 0.25) is 0 Å². The Morgan fingerprint density at radius 3 is 2.68 bits per heavy atom. The van der Waals surface area contributed by atoms with Gasteiger partial charge in [0.25, 0.3) is 0 Å². The Morgan fingerprint density at radius 2 is 2.05 bits per heavy atom. The van der Waals surface area contributed by atoms with Crippen molar-refractivity contribution in [3.8, 4) is 0 Å². The number of thioether (sulfide) groups is 1. The number of anilines is 1. The fraction of sp³-hybridized carbons (Fsp3) is 0.571. The zero-order valence-corrected chi connectivity index (χ0v) is 13.1. The Labute approximate surface area is 120 Å². The lowest BCUT2D eigenvalue weighted by molar-refractivity contribution is 0.597. The zero-order valence-electron chi connectivity index (χ0n) is 11.4. The molecule has 1 fully saturated rings. The molecule has 0 heterocycles. The summed E-state index contributed by atoms with van der Waals surface area (Å²) in [5.74, 6) is 0.143. The molecule has 106 valence electrons. The maximum absolute atomic E-state index is 12.1. The first-order valence-corrected chi connectivity index (χ1v) is 9.62. The number of hydrogen-bond donors (Lipinski definition) is 1. The molecule has 0 unspecified atom stereocenters. The third-order valence-corrected chi connectivity index (χ3v) is 6.56. The molecule has 0 bridgehead atoms. The van der Waals surface area contributed by atoms with Gasteiger partial charge in [-0.1, -0.05) is 19.1 Å². The fourth-order valence-electron chi connectivity index (χ4n) is 2.52. The number of benzene rings is 1. The first kappa shape index (κ1) is 14.7. The van der Waals surface area contributed by atoms with Gasteiger partial charge in [-0.05, 0) is 37.7 Å². The summed E-state index contributed by atoms with van der Waals surface area (Å²) in [5, 5.41) is 4.12. The van der Waals surface area contributed by atoms with Crippen molar-refractivity contribution in [3.63, 3.8) is 0 Å². The minimum atomic E-state index is -3.16. The highest BCUT2D eigenvalue weighted by molar-refractivity contribution is 7.99. The van der Waals surface area contributed by atoms with Crippen molar-refractivity contribution in [2.45, 2.75) is 42.4 Å². The lowest BCUT2D eigenvalue weighted by Gasteiger charge is -2.17. The summed E-state index contributed by atoms with van der Waals surface area (Å²) in [4.78, 5) is 0.435. The summed E-state index contributed by atoms with van der Waals surface area (Å²) in [5.41, 5.74) is 0.760. The second-order valence-electron chi connectivity index (χ2n) is 4.91. The van der Waals surface area contributed by atoms with Crippen molar-refractivity contribution in [2.75, 3.05) is 17.3 Å². The maximum Gasteiger partial charge on any atom is 0.180 e. The number of sulfone groups is 1. The highest BCUT2D eigenvalue weighted by Gasteiger charge is 2.25. The molecule has 2 atom stereocenters. The van der Waals surface area contributed by atoms with E-state index in [-0.39, 0.29) is 5.75 Å². The first-order valence-electron chi connectivity index (χ1n) is 6.68. The van der Waals surface area contributed by atoms with Crippen LogP contribution in [-0.2, 0) is 9.84 Å². The number of nitrogens with one attached hydrogen (secondary N) is 1. The fourth-order valence-corrected chi connectivity index (χ4v) is 4.37. The summed E-state index contributed by atoms with van der Waals surface area (Å²) in [6.07, 6.45) is 5.58. The summed E-state index contributed by atoms with van der Waals surface area (Å²) >= 11 is 1.90. The predicted molar refractivity (Wildman–Crippen MR) is 82.7 cm³/mol. The van der Waals surface area contributed by atoms with E-state index in [0.29, 0.717) is 16.2 Å². The molecule has 0 radical (unpaired) electrons. The molecule has 0 aromatic heterocycles. The van der Waals surface area contributed by atoms with E-state index in [1.165, 1.54) is 6.42 Å². The maximum atomic E-state index is 12.1. The molecule has 1 saturated carbocycles. The predicted octanol–water partition coefficient (Wildman–Crippen LogP) is 3.18. The summed E-state index contributed by atoms with van der Waals surface area (Å²) in [6.45, 7) is 1.69. The molecule has 1 aliphatic carbocycles. The Morgan fingerprint density at radius 1 is 1.32 bits per heavy atom. The molecule has 1 N–H and O–H groups in total. The van der Waals surface area contributed by atoms with Crippen molar-refractivity contribution >= 4 is 27.3 Å². The summed E-state index contributed by atoms with van der Waals surface area (Å²) in [6, 6.07) is 7.63. The number of rotatable bonds is 5. The van der Waals surface area contributed by atoms with Crippen LogP contribution in [0.1, 0.15) is 26.2 Å². The van der Waals surface area contributed by atoms with E-state index in [1.807, 2.05) is 23.9 Å². The van der Waals surface area contributed by atoms with E-state index in [0.717, 1.165) is 18.5 Å². The molecule has 2 rings (SSSR count). The lowest BCUT2D eigenvalue weighted by Crippen LogP contribution is -2.18. The molecule has 0 aliphatic heterocycles. The van der Waals surface area contributed by atoms with Crippen molar-refractivity contribution in [3.05, 3.63) is 24.3 Å². The van der Waals surface area contributed by atoms with Crippen LogP contribution in [0.4, 0.5) is 5.69 Å². The van der Waals surface area contributed by atoms with E-state index in [2.05, 4.69) is 11.6 Å². The monoisotopic (exact) mass is 299 g/mol. The molecule has 5 heteroatoms. The van der Waals surface area contributed by atoms with Crippen molar-refractivity contribution in [1.29, 1.82) is 0 Å². The van der Waals surface area contributed by atoms with Crippen LogP contribution in [0.5, 0.6) is 0 Å². The first-order chi connectivity index (χ1) is 9.06. The van der Waals surface area contributed by atoms with Crippen molar-refractivity contribution < 1.29 is 8.42 Å². The summed E-state index contributed by atoms with van der Waals surface area (Å²) < 4.78 is 24.1. The smallest absolute Gasteiger partial charge is 0.180 e. The molecule has 0 saturated heterocycles. The van der Waals surface area contributed by atoms with Crippen LogP contribution in [0, 0.1) is 0 Å². The molecule has 0 spiro atoms. The number of para-hydroxylation sites is 1. The van der Waals surface area contributed by atoms with E-state index in [4.69, 9.17) is 0 Å². The molecule has 1 aromatic carbocycles. The van der Waals surface area contributed by atoms with E-state index in [1.54, 1.807) is 19.1 Å². The van der Waals surface area contributed by atoms with Gasteiger partial charge in [-0.25, -0.2) is 8.42 Å². The van der Waals surface area contributed by atoms with Crippen LogP contribution in [0.25, 0.3) is 0 Å². The Balaban J connectivity index is 2.18. The van der Waals surface area contributed by atoms with Gasteiger partial charge in [0.15, 0.2) is 9.84 Å². The SMILES string of the molecule is CCS(=O)(=O)c1ccccc1N[C@@H]1CC[C@H](SC)C1. The van der Waals surface area contributed by atoms with Crippen molar-refractivity contribution in [2.24, 2.45) is 0 Å². The third kappa shape index (κ3) is 3.45. The molecule has 1 aromatic rings. The zero-order chi connectivity index (χ0) is 13.9. The van der Waals surface area contributed by atoms with Gasteiger partial charge >= 0.3 is 0 Å². The Bertz CT molecular complexity index is 528. The topological polar surface area (TPSA) is 46.2 Å². The van der Waals surface area contributed by atoms with Crippen LogP contribution in [0.15, 0.2) is 29.2 Å². The van der Waals surface area contributed by atoms with Crippen LogP contribution in [0.3, 0.4) is 0 Å². The normalized spacial score (nSPS) is 23.5. The Hall–Kier alpha value is -0.680. The van der Waals surface area contributed by atoms with Gasteiger partial charge < -0.3 is 5.32 Å². The van der Waals surface area contributed by atoms with E-state index >= 15 is 0 Å². The van der Waals surface area contributed by atoms with Gasteiger partial charge in [0.1, 0.15) is 0 Å². The standard InChI is InChI=1S/C14H21NO2S2/c1-3-19(16,17)14-7-5-4-6-13(14)15-11-8-9-12(10-11)18-2/h4-7,11-12,15H,3,8-10H2,1-2H3/t11-,12+/m1/s1. The van der Waals surface area contributed by atoms with Crippen LogP contribution < -0.4 is 5.32 Å². The number of hydrogen-bond acceptors (Lipinski definition) is 4. The van der Waals surface area contributed by atoms with Gasteiger partial charge in [0, 0.05) is 11.3 Å². The van der Waals surface area contributed by atoms with Crippen molar-refractivity contribution in [1.82, 2.24) is 0 Å². The average molecular weight is 299 g/mol.